The van der Waals surface area contributed by atoms with E-state index >= 15 is 0 Å². The number of morpholine rings is 1. The number of carbonyl (C=O) groups excluding carboxylic acids is 1. The fraction of sp³-hybridized carbons (Fsp3) is 0.360. The third kappa shape index (κ3) is 6.41. The van der Waals surface area contributed by atoms with Crippen LogP contribution in [0.3, 0.4) is 0 Å². The largest absolute Gasteiger partial charge is 0.487 e. The number of nitrogens with one attached hydrogen (secondary N) is 2. The highest BCUT2D eigenvalue weighted by Gasteiger charge is 2.16. The van der Waals surface area contributed by atoms with Crippen LogP contribution in [0.5, 0.6) is 5.75 Å². The summed E-state index contributed by atoms with van der Waals surface area (Å²) < 4.78 is 11.1. The van der Waals surface area contributed by atoms with Crippen LogP contribution < -0.4 is 20.5 Å². The van der Waals surface area contributed by atoms with Crippen molar-refractivity contribution in [2.45, 2.75) is 32.9 Å². The first-order chi connectivity index (χ1) is 16.6. The second-order valence-electron chi connectivity index (χ2n) is 8.08. The molecule has 1 fully saturated rings. The Kier molecular flexibility index (Phi) is 7.87. The zero-order valence-corrected chi connectivity index (χ0v) is 19.3. The van der Waals surface area contributed by atoms with Crippen molar-refractivity contribution in [3.63, 3.8) is 0 Å². The maximum atomic E-state index is 12.6. The number of aryl methyl sites for hydroxylation is 1. The number of carbonyl (C=O) groups is 1. The maximum Gasteiger partial charge on any atom is 0.255 e. The molecule has 3 aromatic rings. The molecule has 34 heavy (non-hydrogen) atoms. The van der Waals surface area contributed by atoms with Crippen LogP contribution in [0.2, 0.25) is 0 Å². The molecule has 3 heterocycles. The van der Waals surface area contributed by atoms with Gasteiger partial charge in [0.1, 0.15) is 12.4 Å². The topological polar surface area (TPSA) is 109 Å². The van der Waals surface area contributed by atoms with Gasteiger partial charge in [0.2, 0.25) is 11.9 Å². The van der Waals surface area contributed by atoms with Gasteiger partial charge in [0.15, 0.2) is 0 Å². The molecule has 0 aliphatic carbocycles. The third-order valence-electron chi connectivity index (χ3n) is 5.65. The first kappa shape index (κ1) is 23.4. The van der Waals surface area contributed by atoms with Crippen molar-refractivity contribution in [1.29, 1.82) is 0 Å². The second-order valence-corrected chi connectivity index (χ2v) is 8.08. The molecular weight excluding hydrogens is 434 g/mol. The number of aromatic amines is 1. The third-order valence-corrected chi connectivity index (χ3v) is 5.65. The van der Waals surface area contributed by atoms with Crippen LogP contribution in [0.4, 0.5) is 5.95 Å². The lowest BCUT2D eigenvalue weighted by molar-refractivity contribution is -0.121. The predicted molar refractivity (Wildman–Crippen MR) is 128 cm³/mol. The van der Waals surface area contributed by atoms with E-state index in [0.29, 0.717) is 63.1 Å². The first-order valence-electron chi connectivity index (χ1n) is 11.4. The number of nitrogens with zero attached hydrogens (tertiary/aromatic N) is 3. The van der Waals surface area contributed by atoms with Crippen molar-refractivity contribution >= 4 is 11.9 Å². The number of aromatic nitrogens is 3. The van der Waals surface area contributed by atoms with Gasteiger partial charge in [0.05, 0.1) is 18.9 Å². The minimum Gasteiger partial charge on any atom is -0.487 e. The van der Waals surface area contributed by atoms with Crippen LogP contribution in [0, 0.1) is 6.92 Å². The summed E-state index contributed by atoms with van der Waals surface area (Å²) in [6.45, 7) is 5.24. The number of anilines is 1. The molecular formula is C25H29N5O4. The van der Waals surface area contributed by atoms with Crippen molar-refractivity contribution < 1.29 is 14.3 Å². The van der Waals surface area contributed by atoms with E-state index in [1.807, 2.05) is 54.3 Å². The Bertz CT molecular complexity index is 1140. The minimum atomic E-state index is -0.192. The molecule has 1 amide bonds. The lowest BCUT2D eigenvalue weighted by atomic mass is 10.1. The fourth-order valence-corrected chi connectivity index (χ4v) is 3.69. The van der Waals surface area contributed by atoms with Crippen molar-refractivity contribution in [2.24, 2.45) is 0 Å². The van der Waals surface area contributed by atoms with Gasteiger partial charge in [-0.15, -0.1) is 0 Å². The van der Waals surface area contributed by atoms with Crippen LogP contribution >= 0.6 is 0 Å². The Morgan fingerprint density at radius 1 is 1.18 bits per heavy atom. The molecule has 0 atom stereocenters. The molecule has 0 spiro atoms. The van der Waals surface area contributed by atoms with Gasteiger partial charge in [0, 0.05) is 43.5 Å². The molecule has 0 unspecified atom stereocenters. The smallest absolute Gasteiger partial charge is 0.255 e. The van der Waals surface area contributed by atoms with Gasteiger partial charge in [0.25, 0.3) is 5.56 Å². The molecule has 1 aliphatic rings. The van der Waals surface area contributed by atoms with Crippen molar-refractivity contribution in [3.05, 3.63) is 81.5 Å². The second kappa shape index (κ2) is 11.4. The van der Waals surface area contributed by atoms with E-state index in [9.17, 15) is 9.59 Å². The highest BCUT2D eigenvalue weighted by molar-refractivity contribution is 5.76. The van der Waals surface area contributed by atoms with Crippen LogP contribution in [0.25, 0.3) is 0 Å². The molecule has 9 nitrogen and oxygen atoms in total. The summed E-state index contributed by atoms with van der Waals surface area (Å²) in [4.78, 5) is 38.5. The summed E-state index contributed by atoms with van der Waals surface area (Å²) in [5.41, 5.74) is 2.83. The Balaban J connectivity index is 1.24. The Labute approximate surface area is 198 Å². The summed E-state index contributed by atoms with van der Waals surface area (Å²) in [5.74, 6) is 1.18. The molecule has 1 saturated heterocycles. The van der Waals surface area contributed by atoms with Gasteiger partial charge in [-0.2, -0.15) is 0 Å². The molecule has 1 aliphatic heterocycles. The normalized spacial score (nSPS) is 13.5. The quantitative estimate of drug-likeness (QED) is 0.500. The number of rotatable bonds is 9. The van der Waals surface area contributed by atoms with E-state index in [1.54, 1.807) is 6.20 Å². The average molecular weight is 464 g/mol. The van der Waals surface area contributed by atoms with Gasteiger partial charge in [-0.05, 0) is 43.2 Å². The van der Waals surface area contributed by atoms with E-state index in [1.165, 1.54) is 0 Å². The Hall–Kier alpha value is -3.72. The number of ether oxygens (including phenoxy) is 2. The summed E-state index contributed by atoms with van der Waals surface area (Å²) in [7, 11) is 0. The van der Waals surface area contributed by atoms with E-state index in [4.69, 9.17) is 9.47 Å². The SMILES string of the molecule is Cc1nc(N2CCOCC2)[nH]c(=O)c1CCC(=O)NCc1ccc(OCc2ccccn2)cc1. The summed E-state index contributed by atoms with van der Waals surface area (Å²) >= 11 is 0. The van der Waals surface area contributed by atoms with E-state index < -0.39 is 0 Å². The van der Waals surface area contributed by atoms with Gasteiger partial charge < -0.3 is 19.7 Å². The van der Waals surface area contributed by atoms with Crippen LogP contribution in [-0.4, -0.2) is 47.2 Å². The monoisotopic (exact) mass is 463 g/mol. The van der Waals surface area contributed by atoms with Crippen LogP contribution in [0.15, 0.2) is 53.5 Å². The standard InChI is InChI=1S/C25H29N5O4/c1-18-22(24(32)29-25(28-18)30-12-14-33-15-13-30)9-10-23(31)27-16-19-5-7-21(8-6-19)34-17-20-4-2-3-11-26-20/h2-8,11H,9-10,12-17H2,1H3,(H,27,31)(H,28,29,32). The van der Waals surface area contributed by atoms with E-state index in [0.717, 1.165) is 17.0 Å². The first-order valence-corrected chi connectivity index (χ1v) is 11.4. The van der Waals surface area contributed by atoms with Crippen molar-refractivity contribution in [3.8, 4) is 5.75 Å². The average Bonchev–Trinajstić information content (AvgIpc) is 2.87. The molecule has 9 heteroatoms. The van der Waals surface area contributed by atoms with Crippen molar-refractivity contribution in [1.82, 2.24) is 20.3 Å². The van der Waals surface area contributed by atoms with Gasteiger partial charge >= 0.3 is 0 Å². The predicted octanol–water partition coefficient (Wildman–Crippen LogP) is 2.14. The molecule has 2 N–H and O–H groups in total. The van der Waals surface area contributed by atoms with E-state index in [2.05, 4.69) is 20.3 Å². The minimum absolute atomic E-state index is 0.119. The number of hydrogen-bond donors (Lipinski definition) is 2. The number of pyridine rings is 1. The zero-order chi connectivity index (χ0) is 23.8. The Morgan fingerprint density at radius 3 is 2.68 bits per heavy atom. The van der Waals surface area contributed by atoms with Gasteiger partial charge in [-0.1, -0.05) is 18.2 Å². The zero-order valence-electron chi connectivity index (χ0n) is 19.3. The molecule has 0 bridgehead atoms. The lowest BCUT2D eigenvalue weighted by Gasteiger charge is -2.27. The molecule has 1 aromatic carbocycles. The highest BCUT2D eigenvalue weighted by atomic mass is 16.5. The lowest BCUT2D eigenvalue weighted by Crippen LogP contribution is -2.38. The summed E-state index contributed by atoms with van der Waals surface area (Å²) in [6, 6.07) is 13.3. The highest BCUT2D eigenvalue weighted by Crippen LogP contribution is 2.14. The molecule has 0 radical (unpaired) electrons. The molecule has 178 valence electrons. The number of amides is 1. The van der Waals surface area contributed by atoms with Crippen molar-refractivity contribution in [2.75, 3.05) is 31.2 Å². The van der Waals surface area contributed by atoms with Gasteiger partial charge in [-0.25, -0.2) is 4.98 Å². The molecule has 2 aromatic heterocycles. The summed E-state index contributed by atoms with van der Waals surface area (Å²) in [6.07, 6.45) is 2.29. The van der Waals surface area contributed by atoms with E-state index in [-0.39, 0.29) is 17.9 Å². The number of benzene rings is 1. The Morgan fingerprint density at radius 2 is 1.97 bits per heavy atom. The van der Waals surface area contributed by atoms with Crippen LogP contribution in [0.1, 0.15) is 28.9 Å². The molecule has 0 saturated carbocycles. The van der Waals surface area contributed by atoms with Crippen LogP contribution in [-0.2, 0) is 29.1 Å². The summed E-state index contributed by atoms with van der Waals surface area (Å²) in [5, 5.41) is 2.90. The maximum absolute atomic E-state index is 12.6. The fourth-order valence-electron chi connectivity index (χ4n) is 3.69. The number of hydrogen-bond acceptors (Lipinski definition) is 7. The van der Waals surface area contributed by atoms with Gasteiger partial charge in [-0.3, -0.25) is 19.6 Å². The molecule has 4 rings (SSSR count). The number of H-pyrrole nitrogens is 1.